The van der Waals surface area contributed by atoms with Crippen molar-refractivity contribution < 1.29 is 109 Å². The van der Waals surface area contributed by atoms with Crippen molar-refractivity contribution in [2.45, 2.75) is 12.8 Å². The van der Waals surface area contributed by atoms with Gasteiger partial charge in [0.2, 0.25) is 5.77 Å². The first kappa shape index (κ1) is 48.2. The van der Waals surface area contributed by atoms with Crippen molar-refractivity contribution in [3.63, 3.8) is 0 Å². The molecule has 0 unspecified atom stereocenters. The summed E-state index contributed by atoms with van der Waals surface area (Å²) in [6.45, 7) is 7.56. The minimum Gasteiger partial charge on any atom is -0.207 e. The Labute approximate surface area is 352 Å². The van der Waals surface area contributed by atoms with E-state index in [1.807, 2.05) is 34.8 Å². The topological polar surface area (TPSA) is 0 Å². The zero-order valence-corrected chi connectivity index (χ0v) is 33.4. The maximum absolute atomic E-state index is 15.4. The van der Waals surface area contributed by atoms with Gasteiger partial charge in [0.1, 0.15) is 52.7 Å². The number of allylic oxidation sites excluding steroid dienone is 2. The summed E-state index contributed by atoms with van der Waals surface area (Å²) >= 11 is 3.89. The summed E-state index contributed by atoms with van der Waals surface area (Å²) in [4.78, 5) is 2.86. The van der Waals surface area contributed by atoms with Gasteiger partial charge in [0, 0.05) is 21.9 Å². The molecule has 0 nitrogen and oxygen atoms in total. The van der Waals surface area contributed by atoms with Crippen molar-refractivity contribution in [2.24, 2.45) is 0 Å². The number of hydrogen-bond donors (Lipinski definition) is 0. The Hall–Kier alpha value is -4.85. The third-order valence-electron chi connectivity index (χ3n) is 8.84. The zero-order chi connectivity index (χ0) is 46.4. The molecular formula is C38H14BF20IS2. The molecule has 24 heteroatoms. The Balaban J connectivity index is 0.000000355. The van der Waals surface area contributed by atoms with Crippen LogP contribution >= 0.6 is 22.7 Å². The highest BCUT2D eigenvalue weighted by molar-refractivity contribution is 7.20. The maximum Gasteiger partial charge on any atom is 0.381 e. The van der Waals surface area contributed by atoms with Crippen LogP contribution in [0.3, 0.4) is 0 Å². The smallest absolute Gasteiger partial charge is 0.207 e. The van der Waals surface area contributed by atoms with Gasteiger partial charge in [-0.05, 0) is 25.0 Å². The summed E-state index contributed by atoms with van der Waals surface area (Å²) < 4.78 is 297. The number of rotatable bonds is 10. The Bertz CT molecular complexity index is 2350. The van der Waals surface area contributed by atoms with E-state index in [9.17, 15) is 52.7 Å². The highest BCUT2D eigenvalue weighted by Gasteiger charge is 2.52. The van der Waals surface area contributed by atoms with Gasteiger partial charge in [-0.15, -0.1) is 35.0 Å². The molecule has 0 aliphatic rings. The van der Waals surface area contributed by atoms with Crippen LogP contribution in [-0.2, 0) is 12.8 Å². The van der Waals surface area contributed by atoms with Gasteiger partial charge in [-0.3, -0.25) is 0 Å². The molecule has 6 rings (SSSR count). The van der Waals surface area contributed by atoms with Gasteiger partial charge in [0.15, 0.2) is 69.8 Å². The molecule has 0 aliphatic heterocycles. The van der Waals surface area contributed by atoms with Gasteiger partial charge in [-0.25, -0.2) is 87.8 Å². The van der Waals surface area contributed by atoms with Gasteiger partial charge in [0.05, 0.1) is 0 Å². The molecule has 0 spiro atoms. The van der Waals surface area contributed by atoms with Crippen molar-refractivity contribution in [1.82, 2.24) is 0 Å². The predicted molar refractivity (Wildman–Crippen MR) is 183 cm³/mol. The van der Waals surface area contributed by atoms with Crippen molar-refractivity contribution in [3.05, 3.63) is 181 Å². The Kier molecular flexibility index (Phi) is 14.4. The van der Waals surface area contributed by atoms with Crippen LogP contribution in [0.1, 0.15) is 9.75 Å². The lowest BCUT2D eigenvalue weighted by molar-refractivity contribution is -0.585. The Morgan fingerprint density at radius 2 is 0.532 bits per heavy atom. The zero-order valence-electron chi connectivity index (χ0n) is 29.6. The standard InChI is InChI=1S/C24BF20.C14H14IS2/c26-5-1(6(27)14(35)21(42)13(5)34)25(2-7(28)15(36)22(43)16(37)8(2)29,3-9(30)17(38)23(44)18(39)10(3)31)4-11(32)19(40)24(45)20(41)12(4)33;1-3-5-11-7-9-13(16-11)15-14-10-8-12(17-14)6-4-2/h;3-4,7-10H,1-2,5-6H2/q-1;+1. The lowest BCUT2D eigenvalue weighted by atomic mass is 9.12. The highest BCUT2D eigenvalue weighted by atomic mass is 127. The molecule has 0 saturated heterocycles. The fourth-order valence-corrected chi connectivity index (χ4v) is 12.8. The molecular weight excluding hydrogens is 1040 g/mol. The summed E-state index contributed by atoms with van der Waals surface area (Å²) in [6.07, 6.45) is -1.27. The molecule has 62 heavy (non-hydrogen) atoms. The van der Waals surface area contributed by atoms with Crippen LogP contribution in [0.2, 0.25) is 0 Å². The monoisotopic (exact) mass is 1050 g/mol. The van der Waals surface area contributed by atoms with E-state index in [1.54, 1.807) is 5.77 Å². The molecule has 0 N–H and O–H groups in total. The van der Waals surface area contributed by atoms with E-state index in [0.717, 1.165) is 12.8 Å². The number of benzene rings is 4. The van der Waals surface area contributed by atoms with E-state index in [2.05, 4.69) is 37.4 Å². The van der Waals surface area contributed by atoms with Crippen LogP contribution in [0.15, 0.2) is 49.6 Å². The van der Waals surface area contributed by atoms with E-state index in [4.69, 9.17) is 0 Å². The normalized spacial score (nSPS) is 11.5. The first-order valence-corrected chi connectivity index (χ1v) is 20.1. The molecule has 4 aromatic carbocycles. The molecule has 0 amide bonds. The molecule has 0 bridgehead atoms. The summed E-state index contributed by atoms with van der Waals surface area (Å²) in [6, 6.07) is 9.03. The third kappa shape index (κ3) is 7.89. The van der Waals surface area contributed by atoms with E-state index >= 15 is 35.1 Å². The first-order valence-electron chi connectivity index (χ1n) is 16.3. The molecule has 0 radical (unpaired) electrons. The molecule has 0 saturated carbocycles. The van der Waals surface area contributed by atoms with Gasteiger partial charge in [-0.1, -0.05) is 34.8 Å². The highest BCUT2D eigenvalue weighted by Crippen LogP contribution is 2.31. The van der Waals surface area contributed by atoms with Gasteiger partial charge < -0.3 is 0 Å². The van der Waals surface area contributed by atoms with E-state index in [-0.39, 0.29) is 21.2 Å². The maximum atomic E-state index is 15.4. The molecule has 0 fully saturated rings. The van der Waals surface area contributed by atoms with Gasteiger partial charge >= 0.3 is 21.2 Å². The second kappa shape index (κ2) is 18.5. The van der Waals surface area contributed by atoms with E-state index in [0.29, 0.717) is 0 Å². The molecule has 6 aromatic rings. The molecule has 2 aromatic heterocycles. The SMILES string of the molecule is C=CCc1ccc([I+]c2ccc(CC=C)s2)s1.Fc1c(F)c(F)c([B-](c2c(F)c(F)c(F)c(F)c2F)(c2c(F)c(F)c(F)c(F)c2F)c2c(F)c(F)c(F)c(F)c2F)c(F)c1F. The fourth-order valence-electron chi connectivity index (χ4n) is 6.27. The van der Waals surface area contributed by atoms with Crippen molar-refractivity contribution in [1.29, 1.82) is 0 Å². The Morgan fingerprint density at radius 3 is 0.726 bits per heavy atom. The minimum absolute atomic E-state index is 0.0160. The summed E-state index contributed by atoms with van der Waals surface area (Å²) in [7, 11) is 0. The second-order valence-corrected chi connectivity index (χ2v) is 19.0. The molecule has 328 valence electrons. The predicted octanol–water partition coefficient (Wildman–Crippen LogP) is 7.24. The number of halogens is 21. The lowest BCUT2D eigenvalue weighted by Crippen LogP contribution is -3.61. The lowest BCUT2D eigenvalue weighted by Gasteiger charge is -2.44. The van der Waals surface area contributed by atoms with Crippen molar-refractivity contribution in [3.8, 4) is 0 Å². The molecule has 0 aliphatic carbocycles. The minimum atomic E-state index is -7.22. The quantitative estimate of drug-likeness (QED) is 0.0340. The number of thiophene rings is 2. The summed E-state index contributed by atoms with van der Waals surface area (Å²) in [5.41, 5.74) is -14.3. The van der Waals surface area contributed by atoms with Crippen LogP contribution in [-0.4, -0.2) is 6.15 Å². The van der Waals surface area contributed by atoms with Crippen molar-refractivity contribution in [2.75, 3.05) is 0 Å². The largest absolute Gasteiger partial charge is 0.381 e. The number of hydrogen-bond acceptors (Lipinski definition) is 2. The van der Waals surface area contributed by atoms with Gasteiger partial charge in [-0.2, -0.15) is 0 Å². The second-order valence-electron chi connectivity index (χ2n) is 12.3. The average Bonchev–Trinajstić information content (AvgIpc) is 3.89. The van der Waals surface area contributed by atoms with Crippen LogP contribution in [0.25, 0.3) is 0 Å². The van der Waals surface area contributed by atoms with E-state index in [1.165, 1.54) is 9.75 Å². The van der Waals surface area contributed by atoms with Crippen LogP contribution in [0, 0.1) is 122 Å². The average molecular weight is 1050 g/mol. The van der Waals surface area contributed by atoms with Crippen molar-refractivity contribution >= 4 is 50.7 Å². The van der Waals surface area contributed by atoms with Crippen LogP contribution < -0.4 is 43.1 Å². The van der Waals surface area contributed by atoms with Gasteiger partial charge in [0.25, 0.3) is 0 Å². The fraction of sp³-hybridized carbons (Fsp3) is 0.0526. The van der Waals surface area contributed by atoms with E-state index < -0.39 is 144 Å². The Morgan fingerprint density at radius 1 is 0.339 bits per heavy atom. The third-order valence-corrected chi connectivity index (χ3v) is 14.8. The molecule has 0 atom stereocenters. The van der Waals surface area contributed by atoms with Crippen LogP contribution in [0.4, 0.5) is 87.8 Å². The van der Waals surface area contributed by atoms with Crippen LogP contribution in [0.5, 0.6) is 0 Å². The summed E-state index contributed by atoms with van der Waals surface area (Å²) in [5.74, 6) is -71.4. The molecule has 2 heterocycles. The summed E-state index contributed by atoms with van der Waals surface area (Å²) in [5, 5.41) is 0. The first-order chi connectivity index (χ1) is 29.0.